The number of sulfonamides is 1. The lowest BCUT2D eigenvalue weighted by Crippen LogP contribution is -2.36. The minimum atomic E-state index is -3.76. The Morgan fingerprint density at radius 1 is 0.774 bits per heavy atom. The average Bonchev–Trinajstić information content (AvgIpc) is 2.81. The van der Waals surface area contributed by atoms with Crippen LogP contribution in [0.25, 0.3) is 0 Å². The number of nitrogens with one attached hydrogen (secondary N) is 2. The maximum Gasteiger partial charge on any atom is 0.241 e. The van der Waals surface area contributed by atoms with Gasteiger partial charge >= 0.3 is 0 Å². The van der Waals surface area contributed by atoms with Gasteiger partial charge < -0.3 is 0 Å². The molecule has 0 saturated heterocycles. The fraction of sp³-hybridized carbons (Fsp3) is 0.280. The summed E-state index contributed by atoms with van der Waals surface area (Å²) in [6.07, 6.45) is 4.40. The Morgan fingerprint density at radius 2 is 1.32 bits per heavy atom. The molecule has 2 atom stereocenters. The molecule has 3 aromatic rings. The van der Waals surface area contributed by atoms with Gasteiger partial charge in [0.25, 0.3) is 0 Å². The van der Waals surface area contributed by atoms with Gasteiger partial charge in [-0.1, -0.05) is 92.6 Å². The van der Waals surface area contributed by atoms with E-state index in [0.717, 1.165) is 36.0 Å². The van der Waals surface area contributed by atoms with Gasteiger partial charge in [0.2, 0.25) is 10.0 Å². The molecule has 0 heterocycles. The van der Waals surface area contributed by atoms with E-state index in [1.165, 1.54) is 6.42 Å². The first-order chi connectivity index (χ1) is 15.0. The van der Waals surface area contributed by atoms with Crippen molar-refractivity contribution in [3.05, 3.63) is 102 Å². The van der Waals surface area contributed by atoms with Crippen molar-refractivity contribution in [3.8, 4) is 0 Å². The van der Waals surface area contributed by atoms with Crippen LogP contribution in [0.2, 0.25) is 0 Å². The summed E-state index contributed by atoms with van der Waals surface area (Å²) < 4.78 is 29.4. The van der Waals surface area contributed by atoms with Gasteiger partial charge in [-0.05, 0) is 53.4 Å². The second-order valence-corrected chi connectivity index (χ2v) is 9.54. The van der Waals surface area contributed by atoms with Crippen LogP contribution in [0.5, 0.6) is 0 Å². The van der Waals surface area contributed by atoms with Crippen LogP contribution in [0.4, 0.5) is 0 Å². The van der Waals surface area contributed by atoms with Gasteiger partial charge in [-0.2, -0.15) is 0 Å². The first-order valence-electron chi connectivity index (χ1n) is 10.6. The van der Waals surface area contributed by atoms with Gasteiger partial charge in [0.15, 0.2) is 0 Å². The van der Waals surface area contributed by atoms with Crippen molar-refractivity contribution in [2.45, 2.75) is 49.6 Å². The average molecular weight is 457 g/mol. The van der Waals surface area contributed by atoms with E-state index in [1.807, 2.05) is 72.8 Å². The normalized spacial score (nSPS) is 13.6. The number of hydrogen-bond acceptors (Lipinski definition) is 3. The van der Waals surface area contributed by atoms with Crippen LogP contribution in [0, 0.1) is 0 Å². The SMILES string of the molecule is CCCCCc1ccc(S(=O)(=O)N[C@@H](c2ccccc2)[C@@H](NCl)c2ccccc2)cc1. The molecule has 0 bridgehead atoms. The van der Waals surface area contributed by atoms with Gasteiger partial charge in [-0.3, -0.25) is 0 Å². The summed E-state index contributed by atoms with van der Waals surface area (Å²) in [6, 6.07) is 25.2. The lowest BCUT2D eigenvalue weighted by molar-refractivity contribution is 0.482. The highest BCUT2D eigenvalue weighted by Crippen LogP contribution is 2.31. The van der Waals surface area contributed by atoms with Crippen LogP contribution in [-0.4, -0.2) is 8.42 Å². The Bertz CT molecular complexity index is 1030. The summed E-state index contributed by atoms with van der Waals surface area (Å²) in [7, 11) is -3.76. The molecular formula is C25H29ClN2O2S. The smallest absolute Gasteiger partial charge is 0.224 e. The van der Waals surface area contributed by atoms with E-state index in [-0.39, 0.29) is 4.90 Å². The molecule has 4 nitrogen and oxygen atoms in total. The lowest BCUT2D eigenvalue weighted by Gasteiger charge is -2.27. The van der Waals surface area contributed by atoms with Crippen LogP contribution in [0.3, 0.4) is 0 Å². The van der Waals surface area contributed by atoms with Gasteiger partial charge in [0.1, 0.15) is 0 Å². The molecule has 6 heteroatoms. The third kappa shape index (κ3) is 6.40. The molecule has 0 aliphatic rings. The summed E-state index contributed by atoms with van der Waals surface area (Å²) in [5, 5.41) is 0. The zero-order chi connectivity index (χ0) is 22.1. The third-order valence-corrected chi connectivity index (χ3v) is 7.05. The lowest BCUT2D eigenvalue weighted by atomic mass is 9.95. The predicted octanol–water partition coefficient (Wildman–Crippen LogP) is 5.92. The number of unbranched alkanes of at least 4 members (excludes halogenated alkanes) is 2. The monoisotopic (exact) mass is 456 g/mol. The molecule has 0 aromatic heterocycles. The van der Waals surface area contributed by atoms with E-state index in [2.05, 4.69) is 16.5 Å². The van der Waals surface area contributed by atoms with Crippen molar-refractivity contribution >= 4 is 21.8 Å². The number of rotatable bonds is 11. The molecule has 0 amide bonds. The molecule has 0 aliphatic carbocycles. The molecule has 3 aromatic carbocycles. The third-order valence-electron chi connectivity index (χ3n) is 5.35. The van der Waals surface area contributed by atoms with Crippen LogP contribution >= 0.6 is 11.8 Å². The summed E-state index contributed by atoms with van der Waals surface area (Å²) in [4.78, 5) is 3.02. The highest BCUT2D eigenvalue weighted by molar-refractivity contribution is 7.89. The fourth-order valence-corrected chi connectivity index (χ4v) is 5.11. The zero-order valence-electron chi connectivity index (χ0n) is 17.7. The van der Waals surface area contributed by atoms with E-state index < -0.39 is 22.1 Å². The number of hydrogen-bond donors (Lipinski definition) is 2. The molecule has 0 saturated carbocycles. The Labute approximate surface area is 190 Å². The molecular weight excluding hydrogens is 428 g/mol. The van der Waals surface area contributed by atoms with Crippen molar-refractivity contribution in [1.82, 2.24) is 9.56 Å². The number of halogens is 1. The van der Waals surface area contributed by atoms with Crippen LogP contribution in [0.15, 0.2) is 89.8 Å². The molecule has 0 spiro atoms. The van der Waals surface area contributed by atoms with Crippen LogP contribution in [-0.2, 0) is 16.4 Å². The summed E-state index contributed by atoms with van der Waals surface area (Å²) in [5.74, 6) is 0. The van der Waals surface area contributed by atoms with Gasteiger partial charge in [-0.15, -0.1) is 0 Å². The predicted molar refractivity (Wildman–Crippen MR) is 127 cm³/mol. The minimum absolute atomic E-state index is 0.244. The molecule has 31 heavy (non-hydrogen) atoms. The van der Waals surface area contributed by atoms with E-state index in [9.17, 15) is 8.42 Å². The van der Waals surface area contributed by atoms with Crippen LogP contribution in [0.1, 0.15) is 55.0 Å². The molecule has 164 valence electrons. The van der Waals surface area contributed by atoms with E-state index >= 15 is 0 Å². The molecule has 0 radical (unpaired) electrons. The molecule has 0 aliphatic heterocycles. The van der Waals surface area contributed by atoms with Crippen LogP contribution < -0.4 is 9.56 Å². The standard InChI is InChI=1S/C25H29ClN2O2S/c1-2-3-6-11-20-16-18-23(19-17-20)31(29,30)28-25(22-14-9-5-10-15-22)24(27-26)21-12-7-4-8-13-21/h4-5,7-10,12-19,24-25,27-28H,2-3,6,11H2,1H3/t24-,25-/m0/s1. The first-order valence-corrected chi connectivity index (χ1v) is 12.5. The van der Waals surface area contributed by atoms with Crippen molar-refractivity contribution in [2.24, 2.45) is 0 Å². The van der Waals surface area contributed by atoms with Gasteiger partial charge in [-0.25, -0.2) is 18.0 Å². The fourth-order valence-electron chi connectivity index (χ4n) is 3.62. The highest BCUT2D eigenvalue weighted by Gasteiger charge is 2.29. The first kappa shape index (κ1) is 23.5. The van der Waals surface area contributed by atoms with Crippen molar-refractivity contribution < 1.29 is 8.42 Å². The largest absolute Gasteiger partial charge is 0.241 e. The Kier molecular flexibility index (Phi) is 8.67. The Balaban J connectivity index is 1.88. The Hall–Kier alpha value is -2.18. The molecule has 0 fully saturated rings. The number of benzene rings is 3. The summed E-state index contributed by atoms with van der Waals surface area (Å²) >= 11 is 6.12. The summed E-state index contributed by atoms with van der Waals surface area (Å²) in [5.41, 5.74) is 2.86. The van der Waals surface area contributed by atoms with E-state index in [1.54, 1.807) is 12.1 Å². The Morgan fingerprint density at radius 3 is 1.84 bits per heavy atom. The maximum absolute atomic E-state index is 13.3. The molecule has 0 unspecified atom stereocenters. The maximum atomic E-state index is 13.3. The van der Waals surface area contributed by atoms with Gasteiger partial charge in [0.05, 0.1) is 17.0 Å². The minimum Gasteiger partial charge on any atom is -0.224 e. The second-order valence-electron chi connectivity index (χ2n) is 7.61. The zero-order valence-corrected chi connectivity index (χ0v) is 19.2. The summed E-state index contributed by atoms with van der Waals surface area (Å²) in [6.45, 7) is 2.17. The second kappa shape index (κ2) is 11.4. The van der Waals surface area contributed by atoms with Crippen molar-refractivity contribution in [2.75, 3.05) is 0 Å². The molecule has 2 N–H and O–H groups in total. The highest BCUT2D eigenvalue weighted by atomic mass is 35.5. The van der Waals surface area contributed by atoms with Crippen molar-refractivity contribution in [1.29, 1.82) is 0 Å². The molecule has 3 rings (SSSR count). The number of aryl methyl sites for hydroxylation is 1. The van der Waals surface area contributed by atoms with Crippen molar-refractivity contribution in [3.63, 3.8) is 0 Å². The quantitative estimate of drug-likeness (QED) is 0.278. The topological polar surface area (TPSA) is 58.2 Å². The van der Waals surface area contributed by atoms with E-state index in [4.69, 9.17) is 11.8 Å². The van der Waals surface area contributed by atoms with E-state index in [0.29, 0.717) is 0 Å². The van der Waals surface area contributed by atoms with Gasteiger partial charge in [0, 0.05) is 0 Å².